The van der Waals surface area contributed by atoms with Crippen molar-refractivity contribution in [2.24, 2.45) is 0 Å². The van der Waals surface area contributed by atoms with Crippen LogP contribution in [0.15, 0.2) is 91.0 Å². The first-order valence-electron chi connectivity index (χ1n) is 9.43. The monoisotopic (exact) mass is 353 g/mol. The van der Waals surface area contributed by atoms with Crippen molar-refractivity contribution in [1.82, 2.24) is 0 Å². The summed E-state index contributed by atoms with van der Waals surface area (Å²) in [6.45, 7) is 0. The van der Waals surface area contributed by atoms with Gasteiger partial charge in [0.05, 0.1) is 11.6 Å². The maximum absolute atomic E-state index is 9.13. The molecule has 0 saturated heterocycles. The topological polar surface area (TPSA) is 23.8 Å². The molecule has 0 amide bonds. The molecule has 0 N–H and O–H groups in total. The Morgan fingerprint density at radius 2 is 1.18 bits per heavy atom. The molecule has 0 atom stereocenters. The van der Waals surface area contributed by atoms with E-state index in [1.165, 1.54) is 43.4 Å². The highest BCUT2D eigenvalue weighted by Gasteiger charge is 2.12. The lowest BCUT2D eigenvalue weighted by Crippen LogP contribution is -1.87. The quantitative estimate of drug-likeness (QED) is 0.285. The highest BCUT2D eigenvalue weighted by molar-refractivity contribution is 6.25. The fraction of sp³-hybridized carbons (Fsp3) is 0. The molecule has 6 aromatic carbocycles. The van der Waals surface area contributed by atoms with Gasteiger partial charge in [0.15, 0.2) is 0 Å². The summed E-state index contributed by atoms with van der Waals surface area (Å²) in [6.07, 6.45) is 0. The van der Waals surface area contributed by atoms with Gasteiger partial charge in [-0.1, -0.05) is 72.8 Å². The summed E-state index contributed by atoms with van der Waals surface area (Å²) in [5, 5.41) is 19.2. The van der Waals surface area contributed by atoms with Crippen molar-refractivity contribution >= 4 is 43.1 Å². The molecule has 0 aromatic heterocycles. The number of hydrogen-bond donors (Lipinski definition) is 0. The molecular weight excluding hydrogens is 338 g/mol. The van der Waals surface area contributed by atoms with Crippen molar-refractivity contribution in [1.29, 1.82) is 5.26 Å². The first-order chi connectivity index (χ1) is 13.8. The fourth-order valence-electron chi connectivity index (χ4n) is 4.47. The molecule has 128 valence electrons. The predicted molar refractivity (Wildman–Crippen MR) is 118 cm³/mol. The van der Waals surface area contributed by atoms with Gasteiger partial charge >= 0.3 is 0 Å². The number of nitrogens with zero attached hydrogens (tertiary/aromatic N) is 1. The van der Waals surface area contributed by atoms with Gasteiger partial charge in [0.25, 0.3) is 0 Å². The third-order valence-electron chi connectivity index (χ3n) is 5.81. The zero-order chi connectivity index (χ0) is 18.7. The average Bonchev–Trinajstić information content (AvgIpc) is 2.76. The normalized spacial score (nSPS) is 11.5. The largest absolute Gasteiger partial charge is 0.192 e. The van der Waals surface area contributed by atoms with Crippen molar-refractivity contribution in [2.75, 3.05) is 0 Å². The Labute approximate surface area is 162 Å². The minimum Gasteiger partial charge on any atom is -0.192 e. The molecule has 0 spiro atoms. The first-order valence-corrected chi connectivity index (χ1v) is 9.43. The Bertz CT molecular complexity index is 1550. The van der Waals surface area contributed by atoms with E-state index in [2.05, 4.69) is 78.9 Å². The van der Waals surface area contributed by atoms with Gasteiger partial charge in [-0.15, -0.1) is 0 Å². The Morgan fingerprint density at radius 1 is 0.536 bits per heavy atom. The summed E-state index contributed by atoms with van der Waals surface area (Å²) in [7, 11) is 0. The van der Waals surface area contributed by atoms with Gasteiger partial charge in [0.2, 0.25) is 0 Å². The van der Waals surface area contributed by atoms with E-state index in [4.69, 9.17) is 5.26 Å². The predicted octanol–water partition coefficient (Wildman–Crippen LogP) is 7.28. The van der Waals surface area contributed by atoms with E-state index in [0.29, 0.717) is 5.56 Å². The molecule has 6 rings (SSSR count). The molecule has 0 aliphatic rings. The van der Waals surface area contributed by atoms with Crippen molar-refractivity contribution in [2.45, 2.75) is 0 Å². The van der Waals surface area contributed by atoms with Gasteiger partial charge in [-0.2, -0.15) is 5.26 Å². The molecule has 0 aliphatic heterocycles. The molecule has 0 unspecified atom stereocenters. The van der Waals surface area contributed by atoms with Crippen LogP contribution in [0.25, 0.3) is 54.2 Å². The van der Waals surface area contributed by atoms with Gasteiger partial charge in [0, 0.05) is 0 Å². The minimum atomic E-state index is 0.697. The zero-order valence-corrected chi connectivity index (χ0v) is 15.1. The van der Waals surface area contributed by atoms with Gasteiger partial charge in [0.1, 0.15) is 0 Å². The maximum atomic E-state index is 9.13. The second kappa shape index (κ2) is 5.55. The third-order valence-corrected chi connectivity index (χ3v) is 5.81. The first kappa shape index (κ1) is 15.2. The van der Waals surface area contributed by atoms with Crippen LogP contribution in [-0.4, -0.2) is 0 Å². The van der Waals surface area contributed by atoms with Crippen LogP contribution in [0.3, 0.4) is 0 Å². The average molecular weight is 353 g/mol. The van der Waals surface area contributed by atoms with Crippen LogP contribution in [0.5, 0.6) is 0 Å². The van der Waals surface area contributed by atoms with Crippen LogP contribution >= 0.6 is 0 Å². The number of nitriles is 1. The fourth-order valence-corrected chi connectivity index (χ4v) is 4.47. The summed E-state index contributed by atoms with van der Waals surface area (Å²) in [5.41, 5.74) is 3.15. The standard InChI is InChI=1S/C27H15N/c28-16-17-4-5-22-15-23(9-8-21(22)14-17)24-12-10-20-7-6-18-2-1-3-19-11-13-25(24)27(20)26(18)19/h1-15H. The molecule has 28 heavy (non-hydrogen) atoms. The Kier molecular flexibility index (Phi) is 3.01. The molecule has 6 aromatic rings. The number of rotatable bonds is 1. The molecule has 0 bridgehead atoms. The molecule has 0 radical (unpaired) electrons. The van der Waals surface area contributed by atoms with Crippen LogP contribution in [0.4, 0.5) is 0 Å². The lowest BCUT2D eigenvalue weighted by Gasteiger charge is -2.14. The molecule has 0 aliphatic carbocycles. The lowest BCUT2D eigenvalue weighted by atomic mass is 9.89. The molecule has 0 heterocycles. The van der Waals surface area contributed by atoms with E-state index >= 15 is 0 Å². The summed E-state index contributed by atoms with van der Waals surface area (Å²) < 4.78 is 0. The SMILES string of the molecule is N#Cc1ccc2cc(-c3ccc4ccc5cccc6ccc3c4c56)ccc2c1. The van der Waals surface area contributed by atoms with Gasteiger partial charge in [-0.05, 0) is 72.4 Å². The molecule has 0 saturated carbocycles. The molecule has 1 heteroatoms. The lowest BCUT2D eigenvalue weighted by molar-refractivity contribution is 1.50. The maximum Gasteiger partial charge on any atom is 0.0991 e. The van der Waals surface area contributed by atoms with E-state index in [1.807, 2.05) is 18.2 Å². The molecular formula is C27H15N. The van der Waals surface area contributed by atoms with Crippen molar-refractivity contribution in [3.8, 4) is 17.2 Å². The van der Waals surface area contributed by atoms with E-state index < -0.39 is 0 Å². The summed E-state index contributed by atoms with van der Waals surface area (Å²) in [5.74, 6) is 0. The molecule has 1 nitrogen and oxygen atoms in total. The van der Waals surface area contributed by atoms with Gasteiger partial charge in [-0.25, -0.2) is 0 Å². The Morgan fingerprint density at radius 3 is 2.00 bits per heavy atom. The second-order valence-electron chi connectivity index (χ2n) is 7.36. The van der Waals surface area contributed by atoms with E-state index in [9.17, 15) is 0 Å². The van der Waals surface area contributed by atoms with Crippen LogP contribution in [0, 0.1) is 11.3 Å². The second-order valence-corrected chi connectivity index (χ2v) is 7.36. The summed E-state index contributed by atoms with van der Waals surface area (Å²) >= 11 is 0. The van der Waals surface area contributed by atoms with Crippen LogP contribution in [0.2, 0.25) is 0 Å². The van der Waals surface area contributed by atoms with Crippen LogP contribution in [-0.2, 0) is 0 Å². The Balaban J connectivity index is 1.68. The third kappa shape index (κ3) is 2.06. The smallest absolute Gasteiger partial charge is 0.0991 e. The molecule has 0 fully saturated rings. The highest BCUT2D eigenvalue weighted by atomic mass is 14.2. The zero-order valence-electron chi connectivity index (χ0n) is 15.1. The number of benzene rings is 6. The number of hydrogen-bond acceptors (Lipinski definition) is 1. The van der Waals surface area contributed by atoms with Crippen molar-refractivity contribution in [3.63, 3.8) is 0 Å². The van der Waals surface area contributed by atoms with E-state index in [0.717, 1.165) is 10.8 Å². The highest BCUT2D eigenvalue weighted by Crippen LogP contribution is 2.39. The van der Waals surface area contributed by atoms with Crippen LogP contribution in [0.1, 0.15) is 5.56 Å². The summed E-state index contributed by atoms with van der Waals surface area (Å²) in [4.78, 5) is 0. The van der Waals surface area contributed by atoms with Crippen molar-refractivity contribution < 1.29 is 0 Å². The Hall–Kier alpha value is -3.89. The van der Waals surface area contributed by atoms with Crippen LogP contribution < -0.4 is 0 Å². The number of fused-ring (bicyclic) bond motifs is 1. The van der Waals surface area contributed by atoms with Gasteiger partial charge in [-0.3, -0.25) is 0 Å². The van der Waals surface area contributed by atoms with Crippen molar-refractivity contribution in [3.05, 3.63) is 96.6 Å². The van der Waals surface area contributed by atoms with E-state index in [1.54, 1.807) is 0 Å². The van der Waals surface area contributed by atoms with Gasteiger partial charge < -0.3 is 0 Å². The van der Waals surface area contributed by atoms with E-state index in [-0.39, 0.29) is 0 Å². The summed E-state index contributed by atoms with van der Waals surface area (Å²) in [6, 6.07) is 34.5. The minimum absolute atomic E-state index is 0.697.